The Morgan fingerprint density at radius 1 is 1.37 bits per heavy atom. The maximum atomic E-state index is 11.8. The fourth-order valence-corrected chi connectivity index (χ4v) is 1.71. The van der Waals surface area contributed by atoms with Gasteiger partial charge in [0.1, 0.15) is 11.1 Å². The van der Waals surface area contributed by atoms with Crippen molar-refractivity contribution in [1.29, 1.82) is 0 Å². The second kappa shape index (κ2) is 5.87. The molecule has 2 aromatic rings. The molecule has 1 N–H and O–H groups in total. The molecule has 19 heavy (non-hydrogen) atoms. The summed E-state index contributed by atoms with van der Waals surface area (Å²) in [5.74, 6) is 2.05. The minimum atomic E-state index is -0.631. The quantitative estimate of drug-likeness (QED) is 0.516. The number of rotatable bonds is 4. The first-order valence-corrected chi connectivity index (χ1v) is 5.97. The van der Waals surface area contributed by atoms with E-state index in [2.05, 4.69) is 11.2 Å². The van der Waals surface area contributed by atoms with Crippen LogP contribution in [-0.4, -0.2) is 12.5 Å². The predicted molar refractivity (Wildman–Crippen MR) is 72.9 cm³/mol. The molecule has 0 unspecified atom stereocenters. The van der Waals surface area contributed by atoms with E-state index in [-0.39, 0.29) is 5.56 Å². The van der Waals surface area contributed by atoms with Crippen LogP contribution < -0.4 is 10.9 Å². The molecule has 0 aliphatic rings. The lowest BCUT2D eigenvalue weighted by molar-refractivity contribution is 0.0950. The maximum Gasteiger partial charge on any atom is 0.349 e. The van der Waals surface area contributed by atoms with Crippen molar-refractivity contribution in [3.8, 4) is 12.3 Å². The van der Waals surface area contributed by atoms with Crippen LogP contribution in [0.25, 0.3) is 11.0 Å². The summed E-state index contributed by atoms with van der Waals surface area (Å²) in [6.07, 6.45) is 6.39. The summed E-state index contributed by atoms with van der Waals surface area (Å²) in [6.45, 7) is 0.440. The molecule has 0 fully saturated rings. The number of unbranched alkanes of at least 4 members (excludes halogenated alkanes) is 1. The van der Waals surface area contributed by atoms with Gasteiger partial charge in [-0.2, -0.15) is 0 Å². The highest BCUT2D eigenvalue weighted by Crippen LogP contribution is 2.12. The van der Waals surface area contributed by atoms with Gasteiger partial charge < -0.3 is 9.73 Å². The van der Waals surface area contributed by atoms with E-state index in [1.807, 2.05) is 6.07 Å². The van der Waals surface area contributed by atoms with Crippen molar-refractivity contribution in [2.45, 2.75) is 12.8 Å². The number of hydrogen-bond acceptors (Lipinski definition) is 3. The number of nitrogens with one attached hydrogen (secondary N) is 1. The van der Waals surface area contributed by atoms with Crippen molar-refractivity contribution >= 4 is 16.9 Å². The van der Waals surface area contributed by atoms with Crippen molar-refractivity contribution in [2.24, 2.45) is 0 Å². The van der Waals surface area contributed by atoms with Gasteiger partial charge in [-0.3, -0.25) is 4.79 Å². The fourth-order valence-electron chi connectivity index (χ4n) is 1.71. The Morgan fingerprint density at radius 2 is 2.16 bits per heavy atom. The Bertz CT molecular complexity index is 694. The molecule has 0 radical (unpaired) electrons. The second-order valence-electron chi connectivity index (χ2n) is 4.05. The van der Waals surface area contributed by atoms with Gasteiger partial charge in [-0.05, 0) is 18.6 Å². The number of fused-ring (bicyclic) bond motifs is 1. The summed E-state index contributed by atoms with van der Waals surface area (Å²) >= 11 is 0. The topological polar surface area (TPSA) is 59.3 Å². The molecule has 1 aromatic heterocycles. The van der Waals surface area contributed by atoms with Gasteiger partial charge in [0.15, 0.2) is 0 Å². The monoisotopic (exact) mass is 255 g/mol. The third-order valence-corrected chi connectivity index (χ3v) is 2.67. The molecule has 0 spiro atoms. The average molecular weight is 255 g/mol. The van der Waals surface area contributed by atoms with Crippen molar-refractivity contribution in [2.75, 3.05) is 6.54 Å². The Morgan fingerprint density at radius 3 is 2.95 bits per heavy atom. The molecule has 1 heterocycles. The Kier molecular flexibility index (Phi) is 3.99. The highest BCUT2D eigenvalue weighted by molar-refractivity contribution is 5.96. The lowest BCUT2D eigenvalue weighted by Gasteiger charge is -2.03. The summed E-state index contributed by atoms with van der Waals surface area (Å²) in [5.41, 5.74) is -0.149. The molecular formula is C15H13NO3. The second-order valence-corrected chi connectivity index (χ2v) is 4.05. The summed E-state index contributed by atoms with van der Waals surface area (Å²) in [5, 5.41) is 3.36. The summed E-state index contributed by atoms with van der Waals surface area (Å²) < 4.78 is 5.09. The van der Waals surface area contributed by atoms with E-state index in [1.165, 1.54) is 6.07 Å². The largest absolute Gasteiger partial charge is 0.422 e. The number of amides is 1. The van der Waals surface area contributed by atoms with Crippen LogP contribution in [0.4, 0.5) is 0 Å². The molecule has 1 amide bonds. The zero-order valence-corrected chi connectivity index (χ0v) is 10.3. The van der Waals surface area contributed by atoms with Gasteiger partial charge in [0.25, 0.3) is 5.91 Å². The van der Waals surface area contributed by atoms with E-state index < -0.39 is 11.5 Å². The number of hydrogen-bond donors (Lipinski definition) is 1. The van der Waals surface area contributed by atoms with E-state index in [0.29, 0.717) is 25.0 Å². The van der Waals surface area contributed by atoms with Crippen molar-refractivity contribution < 1.29 is 9.21 Å². The SMILES string of the molecule is C#CCCCNC(=O)c1cc2ccccc2oc1=O. The molecule has 0 atom stereocenters. The predicted octanol–water partition coefficient (Wildman–Crippen LogP) is 1.94. The van der Waals surface area contributed by atoms with Gasteiger partial charge in [-0.1, -0.05) is 18.2 Å². The van der Waals surface area contributed by atoms with Gasteiger partial charge in [-0.25, -0.2) is 4.79 Å². The van der Waals surface area contributed by atoms with E-state index in [0.717, 1.165) is 5.39 Å². The molecule has 0 bridgehead atoms. The molecule has 96 valence electrons. The Balaban J connectivity index is 2.20. The number of para-hydroxylation sites is 1. The summed E-state index contributed by atoms with van der Waals surface area (Å²) in [6, 6.07) is 8.60. The molecular weight excluding hydrogens is 242 g/mol. The van der Waals surface area contributed by atoms with Crippen LogP contribution >= 0.6 is 0 Å². The number of terminal acetylenes is 1. The van der Waals surface area contributed by atoms with Gasteiger partial charge in [0.05, 0.1) is 0 Å². The summed E-state index contributed by atoms with van der Waals surface area (Å²) in [4.78, 5) is 23.6. The van der Waals surface area contributed by atoms with Gasteiger partial charge in [-0.15, -0.1) is 12.3 Å². The number of benzene rings is 1. The van der Waals surface area contributed by atoms with Crippen LogP contribution in [-0.2, 0) is 0 Å². The summed E-state index contributed by atoms with van der Waals surface area (Å²) in [7, 11) is 0. The zero-order valence-electron chi connectivity index (χ0n) is 10.3. The molecule has 2 rings (SSSR count). The Hall–Kier alpha value is -2.54. The van der Waals surface area contributed by atoms with Crippen LogP contribution in [0.2, 0.25) is 0 Å². The van der Waals surface area contributed by atoms with Crippen LogP contribution in [0.15, 0.2) is 39.5 Å². The van der Waals surface area contributed by atoms with Crippen LogP contribution in [0.3, 0.4) is 0 Å². The molecule has 1 aromatic carbocycles. The van der Waals surface area contributed by atoms with Gasteiger partial charge in [0.2, 0.25) is 0 Å². The number of carbonyl (C=O) groups excluding carboxylic acids is 1. The van der Waals surface area contributed by atoms with E-state index in [1.54, 1.807) is 18.2 Å². The molecule has 0 aliphatic carbocycles. The van der Waals surface area contributed by atoms with Gasteiger partial charge in [0, 0.05) is 18.4 Å². The first-order chi connectivity index (χ1) is 9.22. The minimum Gasteiger partial charge on any atom is -0.422 e. The molecule has 0 aliphatic heterocycles. The molecule has 4 heteroatoms. The standard InChI is InChI=1S/C15H13NO3/c1-2-3-6-9-16-14(17)12-10-11-7-4-5-8-13(11)19-15(12)18/h1,4-5,7-8,10H,3,6,9H2,(H,16,17). The maximum absolute atomic E-state index is 11.8. The van der Waals surface area contributed by atoms with E-state index >= 15 is 0 Å². The van der Waals surface area contributed by atoms with E-state index in [9.17, 15) is 9.59 Å². The normalized spacial score (nSPS) is 10.1. The lowest BCUT2D eigenvalue weighted by atomic mass is 10.2. The third kappa shape index (κ3) is 3.02. The third-order valence-electron chi connectivity index (χ3n) is 2.67. The Labute approximate surface area is 110 Å². The number of carbonyl (C=O) groups is 1. The minimum absolute atomic E-state index is 0.0133. The van der Waals surface area contributed by atoms with Crippen molar-refractivity contribution in [1.82, 2.24) is 5.32 Å². The smallest absolute Gasteiger partial charge is 0.349 e. The molecule has 0 saturated carbocycles. The van der Waals surface area contributed by atoms with Crippen molar-refractivity contribution in [3.63, 3.8) is 0 Å². The highest BCUT2D eigenvalue weighted by atomic mass is 16.4. The molecule has 4 nitrogen and oxygen atoms in total. The van der Waals surface area contributed by atoms with Crippen molar-refractivity contribution in [3.05, 3.63) is 46.3 Å². The first kappa shape index (κ1) is 12.9. The van der Waals surface area contributed by atoms with Crippen LogP contribution in [0.1, 0.15) is 23.2 Å². The molecule has 0 saturated heterocycles. The fraction of sp³-hybridized carbons (Fsp3) is 0.200. The van der Waals surface area contributed by atoms with Crippen LogP contribution in [0.5, 0.6) is 0 Å². The van der Waals surface area contributed by atoms with Crippen LogP contribution in [0, 0.1) is 12.3 Å². The zero-order chi connectivity index (χ0) is 13.7. The first-order valence-electron chi connectivity index (χ1n) is 5.97. The van der Waals surface area contributed by atoms with Gasteiger partial charge >= 0.3 is 5.63 Å². The highest BCUT2D eigenvalue weighted by Gasteiger charge is 2.12. The van der Waals surface area contributed by atoms with E-state index in [4.69, 9.17) is 10.8 Å². The average Bonchev–Trinajstić information content (AvgIpc) is 2.42. The lowest BCUT2D eigenvalue weighted by Crippen LogP contribution is -2.29.